The number of rotatable bonds is 7. The second kappa shape index (κ2) is 10.1. The van der Waals surface area contributed by atoms with Crippen molar-refractivity contribution in [3.05, 3.63) is 107 Å². The van der Waals surface area contributed by atoms with Gasteiger partial charge in [-0.3, -0.25) is 9.59 Å². The van der Waals surface area contributed by atoms with Gasteiger partial charge in [-0.1, -0.05) is 54.6 Å². The number of esters is 1. The zero-order valence-electron chi connectivity index (χ0n) is 16.7. The van der Waals surface area contributed by atoms with Crippen molar-refractivity contribution in [2.45, 2.75) is 13.0 Å². The number of benzene rings is 3. The Morgan fingerprint density at radius 2 is 1.68 bits per heavy atom. The molecule has 1 amide bonds. The first-order chi connectivity index (χ1) is 14.9. The Bertz CT molecular complexity index is 1130. The number of ketones is 1. The second-order valence-corrected chi connectivity index (χ2v) is 6.74. The van der Waals surface area contributed by atoms with Crippen LogP contribution in [0.5, 0.6) is 0 Å². The molecule has 0 aliphatic carbocycles. The van der Waals surface area contributed by atoms with Crippen LogP contribution in [0.4, 0.5) is 10.1 Å². The summed E-state index contributed by atoms with van der Waals surface area (Å²) < 4.78 is 18.7. The van der Waals surface area contributed by atoms with Crippen LogP contribution in [0.15, 0.2) is 84.9 Å². The highest BCUT2D eigenvalue weighted by Gasteiger charge is 2.24. The molecule has 0 aliphatic rings. The van der Waals surface area contributed by atoms with Crippen molar-refractivity contribution in [2.24, 2.45) is 0 Å². The van der Waals surface area contributed by atoms with Crippen LogP contribution in [-0.4, -0.2) is 17.7 Å². The maximum Gasteiger partial charge on any atom is 0.331 e. The summed E-state index contributed by atoms with van der Waals surface area (Å²) in [5.74, 6) is -1.89. The Hall–Kier alpha value is -4.06. The summed E-state index contributed by atoms with van der Waals surface area (Å²) >= 11 is 0. The SMILES string of the molecule is CC(=O)c1cccc(NC(=O)[C@@H](OC(=O)/C=C/c2cccc(F)c2)c2ccccc2)c1. The lowest BCUT2D eigenvalue weighted by atomic mass is 10.1. The van der Waals surface area contributed by atoms with Crippen molar-refractivity contribution in [1.82, 2.24) is 0 Å². The number of halogens is 1. The van der Waals surface area contributed by atoms with Gasteiger partial charge in [-0.25, -0.2) is 9.18 Å². The van der Waals surface area contributed by atoms with Crippen molar-refractivity contribution < 1.29 is 23.5 Å². The molecule has 156 valence electrons. The molecule has 0 saturated carbocycles. The third-order valence-electron chi connectivity index (χ3n) is 4.37. The maximum atomic E-state index is 13.3. The Labute approximate surface area is 179 Å². The molecule has 0 bridgehead atoms. The quantitative estimate of drug-likeness (QED) is 0.335. The monoisotopic (exact) mass is 417 g/mol. The van der Waals surface area contributed by atoms with Gasteiger partial charge in [-0.2, -0.15) is 0 Å². The first kappa shape index (κ1) is 21.6. The standard InChI is InChI=1S/C25H20FNO4/c1-17(28)20-10-6-12-22(16-20)27-25(30)24(19-8-3-2-4-9-19)31-23(29)14-13-18-7-5-11-21(26)15-18/h2-16,24H,1H3,(H,27,30)/b14-13+/t24-/m0/s1. The molecule has 0 saturated heterocycles. The van der Waals surface area contributed by atoms with E-state index in [4.69, 9.17) is 4.74 Å². The molecule has 0 heterocycles. The van der Waals surface area contributed by atoms with Crippen LogP contribution < -0.4 is 5.32 Å². The molecule has 0 aromatic heterocycles. The maximum absolute atomic E-state index is 13.3. The molecule has 5 nitrogen and oxygen atoms in total. The third kappa shape index (κ3) is 6.21. The molecular weight excluding hydrogens is 397 g/mol. The number of anilines is 1. The zero-order chi connectivity index (χ0) is 22.2. The van der Waals surface area contributed by atoms with E-state index in [9.17, 15) is 18.8 Å². The second-order valence-electron chi connectivity index (χ2n) is 6.74. The van der Waals surface area contributed by atoms with Gasteiger partial charge in [0.1, 0.15) is 5.82 Å². The summed E-state index contributed by atoms with van der Waals surface area (Å²) in [7, 11) is 0. The molecular formula is C25H20FNO4. The van der Waals surface area contributed by atoms with Gasteiger partial charge in [0.15, 0.2) is 5.78 Å². The van der Waals surface area contributed by atoms with E-state index in [0.29, 0.717) is 22.4 Å². The van der Waals surface area contributed by atoms with Crippen LogP contribution in [0.3, 0.4) is 0 Å². The Morgan fingerprint density at radius 1 is 0.935 bits per heavy atom. The Morgan fingerprint density at radius 3 is 2.39 bits per heavy atom. The van der Waals surface area contributed by atoms with Crippen LogP contribution in [0.1, 0.15) is 34.5 Å². The van der Waals surface area contributed by atoms with Gasteiger partial charge in [0.2, 0.25) is 6.10 Å². The number of hydrogen-bond acceptors (Lipinski definition) is 4. The largest absolute Gasteiger partial charge is 0.444 e. The van der Waals surface area contributed by atoms with Crippen LogP contribution in [0, 0.1) is 5.82 Å². The molecule has 6 heteroatoms. The lowest BCUT2D eigenvalue weighted by Gasteiger charge is -2.17. The average molecular weight is 417 g/mol. The van der Waals surface area contributed by atoms with Gasteiger partial charge < -0.3 is 10.1 Å². The van der Waals surface area contributed by atoms with Crippen LogP contribution in [0.2, 0.25) is 0 Å². The molecule has 31 heavy (non-hydrogen) atoms. The summed E-state index contributed by atoms with van der Waals surface area (Å²) in [4.78, 5) is 36.8. The van der Waals surface area contributed by atoms with E-state index in [1.807, 2.05) is 0 Å². The highest BCUT2D eigenvalue weighted by molar-refractivity contribution is 5.99. The van der Waals surface area contributed by atoms with Gasteiger partial charge in [0.05, 0.1) is 0 Å². The summed E-state index contributed by atoms with van der Waals surface area (Å²) in [6, 6.07) is 20.8. The van der Waals surface area contributed by atoms with Gasteiger partial charge in [-0.15, -0.1) is 0 Å². The molecule has 1 atom stereocenters. The van der Waals surface area contributed by atoms with Gasteiger partial charge in [0.25, 0.3) is 5.91 Å². The number of carbonyl (C=O) groups excluding carboxylic acids is 3. The molecule has 3 aromatic carbocycles. The van der Waals surface area contributed by atoms with Crippen molar-refractivity contribution in [1.29, 1.82) is 0 Å². The molecule has 3 rings (SSSR count). The van der Waals surface area contributed by atoms with E-state index in [0.717, 1.165) is 6.08 Å². The van der Waals surface area contributed by atoms with Crippen molar-refractivity contribution in [3.8, 4) is 0 Å². The smallest absolute Gasteiger partial charge is 0.331 e. The molecule has 0 aliphatic heterocycles. The fourth-order valence-electron chi connectivity index (χ4n) is 2.85. The molecule has 3 aromatic rings. The highest BCUT2D eigenvalue weighted by Crippen LogP contribution is 2.21. The molecule has 0 spiro atoms. The molecule has 0 unspecified atom stereocenters. The van der Waals surface area contributed by atoms with Crippen LogP contribution >= 0.6 is 0 Å². The van der Waals surface area contributed by atoms with E-state index >= 15 is 0 Å². The van der Waals surface area contributed by atoms with E-state index in [1.54, 1.807) is 60.7 Å². The number of hydrogen-bond donors (Lipinski definition) is 1. The number of Topliss-reactive ketones (excluding diaryl/α,β-unsaturated/α-hetero) is 1. The summed E-state index contributed by atoms with van der Waals surface area (Å²) in [6.07, 6.45) is 1.32. The van der Waals surface area contributed by atoms with Gasteiger partial charge in [-0.05, 0) is 42.8 Å². The van der Waals surface area contributed by atoms with Crippen molar-refractivity contribution in [2.75, 3.05) is 5.32 Å². The Kier molecular flexibility index (Phi) is 7.06. The van der Waals surface area contributed by atoms with Gasteiger partial charge >= 0.3 is 5.97 Å². The average Bonchev–Trinajstić information content (AvgIpc) is 2.77. The number of carbonyl (C=O) groups is 3. The lowest BCUT2D eigenvalue weighted by molar-refractivity contribution is -0.149. The van der Waals surface area contributed by atoms with Gasteiger partial charge in [0, 0.05) is 22.9 Å². The zero-order valence-corrected chi connectivity index (χ0v) is 16.7. The fraction of sp³-hybridized carbons (Fsp3) is 0.0800. The fourth-order valence-corrected chi connectivity index (χ4v) is 2.85. The van der Waals surface area contributed by atoms with Crippen LogP contribution in [0.25, 0.3) is 6.08 Å². The van der Waals surface area contributed by atoms with E-state index < -0.39 is 23.8 Å². The molecule has 1 N–H and O–H groups in total. The topological polar surface area (TPSA) is 72.5 Å². The van der Waals surface area contributed by atoms with Crippen molar-refractivity contribution in [3.63, 3.8) is 0 Å². The number of nitrogens with one attached hydrogen (secondary N) is 1. The predicted octanol–water partition coefficient (Wildman–Crippen LogP) is 4.96. The predicted molar refractivity (Wildman–Crippen MR) is 116 cm³/mol. The summed E-state index contributed by atoms with van der Waals surface area (Å²) in [6.45, 7) is 1.43. The molecule has 0 fully saturated rings. The summed E-state index contributed by atoms with van der Waals surface area (Å²) in [5, 5.41) is 2.68. The minimum absolute atomic E-state index is 0.135. The van der Waals surface area contributed by atoms with Crippen LogP contribution in [-0.2, 0) is 14.3 Å². The molecule has 0 radical (unpaired) electrons. The minimum atomic E-state index is -1.22. The first-order valence-corrected chi connectivity index (χ1v) is 9.53. The van der Waals surface area contributed by atoms with Crippen molar-refractivity contribution >= 4 is 29.4 Å². The highest BCUT2D eigenvalue weighted by atomic mass is 19.1. The summed E-state index contributed by atoms with van der Waals surface area (Å²) in [5.41, 5.74) is 1.82. The lowest BCUT2D eigenvalue weighted by Crippen LogP contribution is -2.25. The number of amides is 1. The normalized spacial score (nSPS) is 11.7. The third-order valence-corrected chi connectivity index (χ3v) is 4.37. The van der Waals surface area contributed by atoms with E-state index in [-0.39, 0.29) is 5.78 Å². The van der Waals surface area contributed by atoms with E-state index in [2.05, 4.69) is 5.32 Å². The number of ether oxygens (including phenoxy) is 1. The Balaban J connectivity index is 1.78. The van der Waals surface area contributed by atoms with E-state index in [1.165, 1.54) is 31.2 Å². The first-order valence-electron chi connectivity index (χ1n) is 9.53. The minimum Gasteiger partial charge on any atom is -0.444 e.